The molecular formula is C25H33NO2. The predicted molar refractivity (Wildman–Crippen MR) is 119 cm³/mol. The van der Waals surface area contributed by atoms with Crippen molar-refractivity contribution >= 4 is 16.7 Å². The van der Waals surface area contributed by atoms with Crippen molar-refractivity contribution in [3.05, 3.63) is 65.8 Å². The summed E-state index contributed by atoms with van der Waals surface area (Å²) in [6, 6.07) is 14.5. The number of allylic oxidation sites excluding steroid dienone is 3. The lowest BCUT2D eigenvalue weighted by Gasteiger charge is -2.14. The van der Waals surface area contributed by atoms with E-state index < -0.39 is 0 Å². The van der Waals surface area contributed by atoms with Crippen LogP contribution in [0.15, 0.2) is 65.8 Å². The van der Waals surface area contributed by atoms with E-state index in [-0.39, 0.29) is 5.91 Å². The fourth-order valence-electron chi connectivity index (χ4n) is 3.22. The van der Waals surface area contributed by atoms with E-state index in [1.165, 1.54) is 10.8 Å². The van der Waals surface area contributed by atoms with Crippen molar-refractivity contribution in [2.24, 2.45) is 0 Å². The van der Waals surface area contributed by atoms with Gasteiger partial charge in [-0.05, 0) is 49.6 Å². The molecule has 0 aliphatic rings. The van der Waals surface area contributed by atoms with Gasteiger partial charge < -0.3 is 9.64 Å². The summed E-state index contributed by atoms with van der Waals surface area (Å²) in [5, 5.41) is 2.38. The Morgan fingerprint density at radius 3 is 2.57 bits per heavy atom. The molecule has 0 aliphatic carbocycles. The van der Waals surface area contributed by atoms with Crippen LogP contribution in [0.2, 0.25) is 0 Å². The lowest BCUT2D eigenvalue weighted by molar-refractivity contribution is -0.124. The Morgan fingerprint density at radius 1 is 1.07 bits per heavy atom. The molecule has 2 aromatic rings. The Morgan fingerprint density at radius 2 is 1.82 bits per heavy atom. The average molecular weight is 380 g/mol. The molecule has 0 unspecified atom stereocenters. The molecule has 0 saturated carbocycles. The fraction of sp³-hybridized carbons (Fsp3) is 0.400. The first-order valence-corrected chi connectivity index (χ1v) is 10.2. The van der Waals surface area contributed by atoms with E-state index >= 15 is 0 Å². The summed E-state index contributed by atoms with van der Waals surface area (Å²) in [5.74, 6) is 1.08. The van der Waals surface area contributed by atoms with Crippen molar-refractivity contribution in [1.29, 1.82) is 0 Å². The second-order valence-electron chi connectivity index (χ2n) is 7.34. The van der Waals surface area contributed by atoms with Crippen LogP contribution >= 0.6 is 0 Å². The molecule has 28 heavy (non-hydrogen) atoms. The Bertz CT molecular complexity index is 828. The minimum atomic E-state index is 0.118. The van der Waals surface area contributed by atoms with Gasteiger partial charge in [0.25, 0.3) is 0 Å². The monoisotopic (exact) mass is 379 g/mol. The standard InChI is InChI=1S/C25H33NO2/c1-5-13-22(25(27)26(3)4)20(2)14-8-6-7-11-19-28-24-18-12-16-21-15-9-10-17-23(21)24/h8-10,12,14-18H,5-7,11,13,19H2,1-4H3/b14-8+,22-20+. The van der Waals surface area contributed by atoms with Crippen molar-refractivity contribution in [2.75, 3.05) is 20.7 Å². The SMILES string of the molecule is CCC/C(C(=O)N(C)C)=C(C)\C=C\CCCCOc1cccc2ccccc12. The molecule has 150 valence electrons. The molecule has 0 bridgehead atoms. The van der Waals surface area contributed by atoms with Gasteiger partial charge in [-0.15, -0.1) is 0 Å². The zero-order valence-corrected chi connectivity index (χ0v) is 17.7. The largest absolute Gasteiger partial charge is 0.493 e. The number of carbonyl (C=O) groups excluding carboxylic acids is 1. The minimum absolute atomic E-state index is 0.118. The summed E-state index contributed by atoms with van der Waals surface area (Å²) in [5.41, 5.74) is 2.00. The Hall–Kier alpha value is -2.55. The number of likely N-dealkylation sites (N-methyl/N-ethyl adjacent to an activating group) is 1. The third-order valence-electron chi connectivity index (χ3n) is 4.78. The van der Waals surface area contributed by atoms with Gasteiger partial charge in [0, 0.05) is 25.1 Å². The van der Waals surface area contributed by atoms with Crippen molar-refractivity contribution in [2.45, 2.75) is 46.0 Å². The molecular weight excluding hydrogens is 346 g/mol. The van der Waals surface area contributed by atoms with Crippen LogP contribution in [0.1, 0.15) is 46.0 Å². The second kappa shape index (κ2) is 11.3. The first kappa shape index (κ1) is 21.7. The summed E-state index contributed by atoms with van der Waals surface area (Å²) in [6.07, 6.45) is 9.14. The number of rotatable bonds is 10. The van der Waals surface area contributed by atoms with Crippen LogP contribution in [0.3, 0.4) is 0 Å². The van der Waals surface area contributed by atoms with Crippen LogP contribution in [0, 0.1) is 0 Å². The van der Waals surface area contributed by atoms with E-state index in [4.69, 9.17) is 4.74 Å². The van der Waals surface area contributed by atoms with Crippen LogP contribution in [-0.4, -0.2) is 31.5 Å². The first-order valence-electron chi connectivity index (χ1n) is 10.2. The zero-order valence-electron chi connectivity index (χ0n) is 17.7. The van der Waals surface area contributed by atoms with Crippen LogP contribution in [0.25, 0.3) is 10.8 Å². The van der Waals surface area contributed by atoms with Crippen LogP contribution < -0.4 is 4.74 Å². The first-order chi connectivity index (χ1) is 13.5. The number of nitrogens with zero attached hydrogens (tertiary/aromatic N) is 1. The van der Waals surface area contributed by atoms with E-state index in [1.54, 1.807) is 4.90 Å². The van der Waals surface area contributed by atoms with Crippen molar-refractivity contribution in [3.8, 4) is 5.75 Å². The van der Waals surface area contributed by atoms with E-state index in [1.807, 2.05) is 45.3 Å². The molecule has 0 saturated heterocycles. The molecule has 0 radical (unpaired) electrons. The number of hydrogen-bond acceptors (Lipinski definition) is 2. The highest BCUT2D eigenvalue weighted by Crippen LogP contribution is 2.25. The molecule has 2 aromatic carbocycles. The highest BCUT2D eigenvalue weighted by molar-refractivity contribution is 5.94. The average Bonchev–Trinajstić information content (AvgIpc) is 2.70. The number of ether oxygens (including phenoxy) is 1. The smallest absolute Gasteiger partial charge is 0.249 e. The third kappa shape index (κ3) is 6.26. The molecule has 0 N–H and O–H groups in total. The molecule has 0 aromatic heterocycles. The molecule has 1 amide bonds. The van der Waals surface area contributed by atoms with Gasteiger partial charge >= 0.3 is 0 Å². The molecule has 0 aliphatic heterocycles. The molecule has 3 heteroatoms. The van der Waals surface area contributed by atoms with Gasteiger partial charge in [-0.25, -0.2) is 0 Å². The number of benzene rings is 2. The van der Waals surface area contributed by atoms with Gasteiger partial charge in [0.2, 0.25) is 5.91 Å². The Balaban J connectivity index is 1.80. The van der Waals surface area contributed by atoms with Crippen LogP contribution in [-0.2, 0) is 4.79 Å². The third-order valence-corrected chi connectivity index (χ3v) is 4.78. The summed E-state index contributed by atoms with van der Waals surface area (Å²) >= 11 is 0. The number of unbranched alkanes of at least 4 members (excludes halogenated alkanes) is 2. The van der Waals surface area contributed by atoms with Crippen molar-refractivity contribution in [3.63, 3.8) is 0 Å². The van der Waals surface area contributed by atoms with Gasteiger partial charge in [-0.2, -0.15) is 0 Å². The number of fused-ring (bicyclic) bond motifs is 1. The Kier molecular flexibility index (Phi) is 8.80. The summed E-state index contributed by atoms with van der Waals surface area (Å²) in [6.45, 7) is 4.86. The lowest BCUT2D eigenvalue weighted by atomic mass is 10.0. The van der Waals surface area contributed by atoms with Crippen LogP contribution in [0.5, 0.6) is 5.75 Å². The van der Waals surface area contributed by atoms with Gasteiger partial charge in [-0.3, -0.25) is 4.79 Å². The highest BCUT2D eigenvalue weighted by Gasteiger charge is 2.12. The summed E-state index contributed by atoms with van der Waals surface area (Å²) in [4.78, 5) is 14.0. The molecule has 3 nitrogen and oxygen atoms in total. The molecule has 0 spiro atoms. The van der Waals surface area contributed by atoms with E-state index in [2.05, 4.69) is 37.3 Å². The maximum Gasteiger partial charge on any atom is 0.249 e. The zero-order chi connectivity index (χ0) is 20.4. The normalized spacial score (nSPS) is 12.3. The summed E-state index contributed by atoms with van der Waals surface area (Å²) < 4.78 is 5.99. The second-order valence-corrected chi connectivity index (χ2v) is 7.34. The minimum Gasteiger partial charge on any atom is -0.493 e. The Labute approximate surface area is 169 Å². The van der Waals surface area contributed by atoms with Gasteiger partial charge in [0.15, 0.2) is 0 Å². The number of carbonyl (C=O) groups is 1. The molecule has 2 rings (SSSR count). The maximum absolute atomic E-state index is 12.3. The van der Waals surface area contributed by atoms with Crippen molar-refractivity contribution in [1.82, 2.24) is 4.90 Å². The highest BCUT2D eigenvalue weighted by atomic mass is 16.5. The fourth-order valence-corrected chi connectivity index (χ4v) is 3.22. The lowest BCUT2D eigenvalue weighted by Crippen LogP contribution is -2.24. The summed E-state index contributed by atoms with van der Waals surface area (Å²) in [7, 11) is 3.62. The van der Waals surface area contributed by atoms with Gasteiger partial charge in [-0.1, -0.05) is 61.9 Å². The topological polar surface area (TPSA) is 29.5 Å². The van der Waals surface area contributed by atoms with Gasteiger partial charge in [0.05, 0.1) is 6.61 Å². The van der Waals surface area contributed by atoms with Crippen molar-refractivity contribution < 1.29 is 9.53 Å². The maximum atomic E-state index is 12.3. The molecule has 0 atom stereocenters. The van der Waals surface area contributed by atoms with E-state index in [0.29, 0.717) is 0 Å². The van der Waals surface area contributed by atoms with Gasteiger partial charge in [0.1, 0.15) is 5.75 Å². The van der Waals surface area contributed by atoms with E-state index in [9.17, 15) is 4.79 Å². The quantitative estimate of drug-likeness (QED) is 0.281. The predicted octanol–water partition coefficient (Wildman–Crippen LogP) is 6.15. The number of amides is 1. The number of hydrogen-bond donors (Lipinski definition) is 0. The molecule has 0 fully saturated rings. The van der Waals surface area contributed by atoms with Crippen LogP contribution in [0.4, 0.5) is 0 Å². The molecule has 0 heterocycles. The van der Waals surface area contributed by atoms with E-state index in [0.717, 1.165) is 55.6 Å².